The standard InChI is InChI=1S/C12H17BrO/c1-9(2)12(8-13)10-5-4-6-11(7-10)14-3/h4-7,9,12H,8H2,1-3H3. The minimum absolute atomic E-state index is 0.560. The zero-order valence-corrected chi connectivity index (χ0v) is 10.5. The molecule has 0 aromatic heterocycles. The van der Waals surface area contributed by atoms with Crippen LogP contribution in [0.3, 0.4) is 0 Å². The van der Waals surface area contributed by atoms with Crippen molar-refractivity contribution in [3.63, 3.8) is 0 Å². The Bertz CT molecular complexity index is 283. The van der Waals surface area contributed by atoms with Crippen molar-refractivity contribution in [1.29, 1.82) is 0 Å². The molecule has 1 rings (SSSR count). The lowest BCUT2D eigenvalue weighted by atomic mass is 9.90. The summed E-state index contributed by atoms with van der Waals surface area (Å²) in [6.45, 7) is 4.48. The van der Waals surface area contributed by atoms with Crippen molar-refractivity contribution in [3.8, 4) is 5.75 Å². The molecule has 0 aliphatic heterocycles. The van der Waals surface area contributed by atoms with Gasteiger partial charge in [-0.05, 0) is 29.5 Å². The van der Waals surface area contributed by atoms with Crippen LogP contribution in [0, 0.1) is 5.92 Å². The first-order chi connectivity index (χ1) is 6.69. The van der Waals surface area contributed by atoms with Gasteiger partial charge in [-0.2, -0.15) is 0 Å². The minimum Gasteiger partial charge on any atom is -0.497 e. The Hall–Kier alpha value is -0.500. The first-order valence-electron chi connectivity index (χ1n) is 4.89. The van der Waals surface area contributed by atoms with Gasteiger partial charge in [0.05, 0.1) is 7.11 Å². The van der Waals surface area contributed by atoms with Crippen molar-refractivity contribution in [2.45, 2.75) is 19.8 Å². The summed E-state index contributed by atoms with van der Waals surface area (Å²) < 4.78 is 5.21. The molecule has 14 heavy (non-hydrogen) atoms. The Balaban J connectivity index is 2.92. The fourth-order valence-electron chi connectivity index (χ4n) is 1.52. The van der Waals surface area contributed by atoms with E-state index in [0.29, 0.717) is 11.8 Å². The molecule has 0 amide bonds. The molecule has 0 heterocycles. The Morgan fingerprint density at radius 3 is 2.57 bits per heavy atom. The molecule has 1 atom stereocenters. The molecular formula is C12H17BrO. The normalized spacial score (nSPS) is 12.9. The molecule has 2 heteroatoms. The van der Waals surface area contributed by atoms with Gasteiger partial charge in [0.1, 0.15) is 5.75 Å². The van der Waals surface area contributed by atoms with Gasteiger partial charge in [0, 0.05) is 5.33 Å². The lowest BCUT2D eigenvalue weighted by Crippen LogP contribution is -2.08. The number of methoxy groups -OCH3 is 1. The number of hydrogen-bond acceptors (Lipinski definition) is 1. The topological polar surface area (TPSA) is 9.23 Å². The molecular weight excluding hydrogens is 240 g/mol. The van der Waals surface area contributed by atoms with Gasteiger partial charge in [-0.3, -0.25) is 0 Å². The van der Waals surface area contributed by atoms with Crippen molar-refractivity contribution in [2.24, 2.45) is 5.92 Å². The number of rotatable bonds is 4. The molecule has 0 bridgehead atoms. The summed E-state index contributed by atoms with van der Waals surface area (Å²) in [5.74, 6) is 2.14. The number of ether oxygens (including phenoxy) is 1. The predicted molar refractivity (Wildman–Crippen MR) is 64.4 cm³/mol. The van der Waals surface area contributed by atoms with Gasteiger partial charge in [-0.15, -0.1) is 0 Å². The molecule has 78 valence electrons. The monoisotopic (exact) mass is 256 g/mol. The third-order valence-corrected chi connectivity index (χ3v) is 3.19. The van der Waals surface area contributed by atoms with Gasteiger partial charge < -0.3 is 4.74 Å². The highest BCUT2D eigenvalue weighted by molar-refractivity contribution is 9.09. The Morgan fingerprint density at radius 1 is 1.36 bits per heavy atom. The Labute approximate surface area is 94.6 Å². The molecule has 0 fully saturated rings. The number of halogens is 1. The summed E-state index contributed by atoms with van der Waals surface area (Å²) in [4.78, 5) is 0. The van der Waals surface area contributed by atoms with Crippen LogP contribution in [0.1, 0.15) is 25.3 Å². The average molecular weight is 257 g/mol. The van der Waals surface area contributed by atoms with Gasteiger partial charge in [0.15, 0.2) is 0 Å². The van der Waals surface area contributed by atoms with Crippen LogP contribution in [0.4, 0.5) is 0 Å². The first kappa shape index (κ1) is 11.6. The Morgan fingerprint density at radius 2 is 2.07 bits per heavy atom. The average Bonchev–Trinajstić information content (AvgIpc) is 2.19. The molecule has 1 nitrogen and oxygen atoms in total. The molecule has 0 aliphatic rings. The van der Waals surface area contributed by atoms with E-state index in [-0.39, 0.29) is 0 Å². The number of hydrogen-bond donors (Lipinski definition) is 0. The van der Waals surface area contributed by atoms with Crippen molar-refractivity contribution >= 4 is 15.9 Å². The van der Waals surface area contributed by atoms with Gasteiger partial charge in [-0.1, -0.05) is 41.9 Å². The van der Waals surface area contributed by atoms with E-state index in [9.17, 15) is 0 Å². The van der Waals surface area contributed by atoms with Gasteiger partial charge in [-0.25, -0.2) is 0 Å². The smallest absolute Gasteiger partial charge is 0.119 e. The second kappa shape index (κ2) is 5.40. The fraction of sp³-hybridized carbons (Fsp3) is 0.500. The molecule has 0 N–H and O–H groups in total. The highest BCUT2D eigenvalue weighted by Crippen LogP contribution is 2.28. The van der Waals surface area contributed by atoms with Gasteiger partial charge >= 0.3 is 0 Å². The maximum Gasteiger partial charge on any atom is 0.119 e. The largest absolute Gasteiger partial charge is 0.497 e. The lowest BCUT2D eigenvalue weighted by Gasteiger charge is -2.19. The maximum atomic E-state index is 5.21. The van der Waals surface area contributed by atoms with Crippen LogP contribution >= 0.6 is 15.9 Å². The zero-order valence-electron chi connectivity index (χ0n) is 8.96. The van der Waals surface area contributed by atoms with E-state index in [4.69, 9.17) is 4.74 Å². The first-order valence-corrected chi connectivity index (χ1v) is 6.01. The summed E-state index contributed by atoms with van der Waals surface area (Å²) in [7, 11) is 1.71. The highest BCUT2D eigenvalue weighted by atomic mass is 79.9. The van der Waals surface area contributed by atoms with E-state index in [1.165, 1.54) is 5.56 Å². The van der Waals surface area contributed by atoms with Crippen LogP contribution in [0.25, 0.3) is 0 Å². The third-order valence-electron chi connectivity index (χ3n) is 2.49. The van der Waals surface area contributed by atoms with Crippen LogP contribution in [-0.2, 0) is 0 Å². The molecule has 0 saturated heterocycles. The van der Waals surface area contributed by atoms with E-state index < -0.39 is 0 Å². The van der Waals surface area contributed by atoms with E-state index in [1.807, 2.05) is 12.1 Å². The number of benzene rings is 1. The SMILES string of the molecule is COc1cccc(C(CBr)C(C)C)c1. The summed E-state index contributed by atoms with van der Waals surface area (Å²) >= 11 is 3.56. The highest BCUT2D eigenvalue weighted by Gasteiger charge is 2.14. The van der Waals surface area contributed by atoms with E-state index >= 15 is 0 Å². The van der Waals surface area contributed by atoms with Crippen molar-refractivity contribution in [3.05, 3.63) is 29.8 Å². The predicted octanol–water partition coefficient (Wildman–Crippen LogP) is 3.83. The lowest BCUT2D eigenvalue weighted by molar-refractivity contribution is 0.413. The van der Waals surface area contributed by atoms with Crippen LogP contribution in [0.15, 0.2) is 24.3 Å². The van der Waals surface area contributed by atoms with Crippen LogP contribution in [0.5, 0.6) is 5.75 Å². The van der Waals surface area contributed by atoms with E-state index in [2.05, 4.69) is 41.9 Å². The summed E-state index contributed by atoms with van der Waals surface area (Å²) in [5, 5.41) is 0.998. The van der Waals surface area contributed by atoms with Crippen LogP contribution in [-0.4, -0.2) is 12.4 Å². The second-order valence-electron chi connectivity index (χ2n) is 3.78. The van der Waals surface area contributed by atoms with E-state index in [0.717, 1.165) is 11.1 Å². The number of alkyl halides is 1. The fourth-order valence-corrected chi connectivity index (χ4v) is 2.65. The van der Waals surface area contributed by atoms with Gasteiger partial charge in [0.2, 0.25) is 0 Å². The molecule has 0 spiro atoms. The van der Waals surface area contributed by atoms with E-state index in [1.54, 1.807) is 7.11 Å². The van der Waals surface area contributed by atoms with Gasteiger partial charge in [0.25, 0.3) is 0 Å². The van der Waals surface area contributed by atoms with Crippen molar-refractivity contribution < 1.29 is 4.74 Å². The molecule has 1 unspecified atom stereocenters. The summed E-state index contributed by atoms with van der Waals surface area (Å²) in [5.41, 5.74) is 1.34. The van der Waals surface area contributed by atoms with Crippen molar-refractivity contribution in [1.82, 2.24) is 0 Å². The summed E-state index contributed by atoms with van der Waals surface area (Å²) in [6.07, 6.45) is 0. The molecule has 0 aliphatic carbocycles. The molecule has 0 saturated carbocycles. The molecule has 0 radical (unpaired) electrons. The molecule has 1 aromatic rings. The quantitative estimate of drug-likeness (QED) is 0.745. The zero-order chi connectivity index (χ0) is 10.6. The van der Waals surface area contributed by atoms with Crippen LogP contribution < -0.4 is 4.74 Å². The van der Waals surface area contributed by atoms with Crippen molar-refractivity contribution in [2.75, 3.05) is 12.4 Å². The Kier molecular flexibility index (Phi) is 4.46. The second-order valence-corrected chi connectivity index (χ2v) is 4.43. The third kappa shape index (κ3) is 2.74. The molecule has 1 aromatic carbocycles. The maximum absolute atomic E-state index is 5.21. The summed E-state index contributed by atoms with van der Waals surface area (Å²) in [6, 6.07) is 8.31. The minimum atomic E-state index is 0.560. The van der Waals surface area contributed by atoms with Crippen LogP contribution in [0.2, 0.25) is 0 Å².